The van der Waals surface area contributed by atoms with Crippen LogP contribution in [0.15, 0.2) is 27.7 Å². The van der Waals surface area contributed by atoms with Crippen LogP contribution in [0.2, 0.25) is 0 Å². The molecule has 2 amide bonds. The Kier molecular flexibility index (Phi) is 4.96. The molecule has 0 bridgehead atoms. The van der Waals surface area contributed by atoms with Crippen molar-refractivity contribution in [3.05, 3.63) is 46.2 Å². The Morgan fingerprint density at radius 3 is 2.46 bits per heavy atom. The minimum Gasteiger partial charge on any atom is -0.452 e. The predicted octanol–water partition coefficient (Wildman–Crippen LogP) is 4.15. The fraction of sp³-hybridized carbons (Fsp3) is 0.450. The number of hydrogen-bond donors (Lipinski definition) is 2. The van der Waals surface area contributed by atoms with Crippen LogP contribution in [-0.2, 0) is 32.2 Å². The van der Waals surface area contributed by atoms with Crippen LogP contribution in [0.5, 0.6) is 0 Å². The molecule has 0 atom stereocenters. The Morgan fingerprint density at radius 2 is 1.81 bits per heavy atom. The summed E-state index contributed by atoms with van der Waals surface area (Å²) >= 11 is 1.22. The first-order valence-electron chi connectivity index (χ1n) is 9.24. The second-order valence-corrected chi connectivity index (χ2v) is 8.16. The van der Waals surface area contributed by atoms with Crippen molar-refractivity contribution in [1.82, 2.24) is 9.62 Å². The largest absolute Gasteiger partial charge is 0.452 e. The molecule has 5 nitrogen and oxygen atoms in total. The van der Waals surface area contributed by atoms with Gasteiger partial charge in [-0.25, -0.2) is 4.79 Å². The summed E-state index contributed by atoms with van der Waals surface area (Å²) in [5.74, 6) is 0.887. The van der Waals surface area contributed by atoms with Gasteiger partial charge in [0.15, 0.2) is 5.09 Å². The van der Waals surface area contributed by atoms with E-state index < -0.39 is 0 Å². The Morgan fingerprint density at radius 1 is 1.12 bits per heavy atom. The van der Waals surface area contributed by atoms with Crippen LogP contribution in [0.3, 0.4) is 0 Å². The lowest BCUT2D eigenvalue weighted by molar-refractivity contribution is 0.257. The number of carbonyl (C=O) groups is 1. The van der Waals surface area contributed by atoms with Gasteiger partial charge in [0, 0.05) is 17.6 Å². The molecule has 0 aliphatic heterocycles. The SMILES string of the molecule is CN(C)Cc1ccc(SNC(=O)Nc2c3c(cc4c2CCC4)CCC3)o1. The van der Waals surface area contributed by atoms with Gasteiger partial charge in [0.05, 0.1) is 6.54 Å². The minimum atomic E-state index is -0.185. The molecule has 1 heterocycles. The molecule has 0 unspecified atom stereocenters. The Hall–Kier alpha value is -1.92. The number of fused-ring (bicyclic) bond motifs is 2. The Labute approximate surface area is 158 Å². The number of anilines is 1. The number of benzene rings is 1. The zero-order valence-corrected chi connectivity index (χ0v) is 16.2. The number of urea groups is 1. The van der Waals surface area contributed by atoms with Gasteiger partial charge in [-0.3, -0.25) is 4.72 Å². The summed E-state index contributed by atoms with van der Waals surface area (Å²) in [7, 11) is 4.00. The molecule has 0 saturated heterocycles. The van der Waals surface area contributed by atoms with Gasteiger partial charge in [-0.15, -0.1) is 0 Å². The standard InChI is InChI=1S/C20H25N3O2S/c1-23(2)12-15-9-10-18(25-15)26-22-20(24)21-19-16-7-3-5-13(16)11-14-6-4-8-17(14)19/h9-11H,3-8,12H2,1-2H3,(H2,21,22,24). The van der Waals surface area contributed by atoms with E-state index in [4.69, 9.17) is 4.42 Å². The quantitative estimate of drug-likeness (QED) is 0.776. The maximum atomic E-state index is 12.5. The lowest BCUT2D eigenvalue weighted by Crippen LogP contribution is -2.24. The topological polar surface area (TPSA) is 57.5 Å². The highest BCUT2D eigenvalue weighted by Gasteiger charge is 2.25. The summed E-state index contributed by atoms with van der Waals surface area (Å²) in [5, 5.41) is 3.83. The number of rotatable bonds is 5. The lowest BCUT2D eigenvalue weighted by Gasteiger charge is -2.16. The molecule has 2 aliphatic carbocycles. The zero-order chi connectivity index (χ0) is 18.1. The Balaban J connectivity index is 1.42. The Bertz CT molecular complexity index is 796. The molecule has 6 heteroatoms. The third-order valence-corrected chi connectivity index (χ3v) is 5.77. The van der Waals surface area contributed by atoms with Crippen molar-refractivity contribution in [2.45, 2.75) is 50.2 Å². The highest BCUT2D eigenvalue weighted by molar-refractivity contribution is 7.97. The second-order valence-electron chi connectivity index (χ2n) is 7.35. The molecule has 0 saturated carbocycles. The smallest absolute Gasteiger partial charge is 0.329 e. The van der Waals surface area contributed by atoms with Crippen LogP contribution in [0.25, 0.3) is 0 Å². The van der Waals surface area contributed by atoms with Crippen LogP contribution in [0.4, 0.5) is 10.5 Å². The molecular weight excluding hydrogens is 346 g/mol. The number of carbonyl (C=O) groups excluding carboxylic acids is 1. The number of nitrogens with one attached hydrogen (secondary N) is 2. The number of hydrogen-bond acceptors (Lipinski definition) is 4. The molecule has 0 fully saturated rings. The molecule has 26 heavy (non-hydrogen) atoms. The molecule has 0 radical (unpaired) electrons. The van der Waals surface area contributed by atoms with Crippen molar-refractivity contribution in [1.29, 1.82) is 0 Å². The third kappa shape index (κ3) is 3.62. The predicted molar refractivity (Wildman–Crippen MR) is 105 cm³/mol. The van der Waals surface area contributed by atoms with Crippen molar-refractivity contribution in [2.24, 2.45) is 0 Å². The van der Waals surface area contributed by atoms with E-state index in [1.54, 1.807) is 0 Å². The molecule has 2 N–H and O–H groups in total. The number of furan rings is 1. The summed E-state index contributed by atoms with van der Waals surface area (Å²) < 4.78 is 8.58. The fourth-order valence-corrected chi connectivity index (χ4v) is 4.54. The van der Waals surface area contributed by atoms with Gasteiger partial charge in [-0.05, 0) is 87.0 Å². The fourth-order valence-electron chi connectivity index (χ4n) is 4.01. The van der Waals surface area contributed by atoms with Crippen LogP contribution in [0, 0.1) is 0 Å². The molecule has 2 aromatic rings. The normalized spacial score (nSPS) is 15.2. The highest BCUT2D eigenvalue weighted by Crippen LogP contribution is 2.38. The summed E-state index contributed by atoms with van der Waals surface area (Å²) in [6.45, 7) is 0.745. The zero-order valence-electron chi connectivity index (χ0n) is 15.4. The van der Waals surface area contributed by atoms with Gasteiger partial charge in [-0.2, -0.15) is 0 Å². The molecule has 0 spiro atoms. The van der Waals surface area contributed by atoms with Gasteiger partial charge >= 0.3 is 6.03 Å². The molecule has 1 aromatic heterocycles. The van der Waals surface area contributed by atoms with Crippen molar-refractivity contribution in [2.75, 3.05) is 19.4 Å². The summed E-state index contributed by atoms with van der Waals surface area (Å²) in [6, 6.07) is 6.02. The van der Waals surface area contributed by atoms with E-state index in [1.807, 2.05) is 31.1 Å². The van der Waals surface area contributed by atoms with Gasteiger partial charge in [0.1, 0.15) is 5.76 Å². The monoisotopic (exact) mass is 371 g/mol. The van der Waals surface area contributed by atoms with Crippen molar-refractivity contribution >= 4 is 23.7 Å². The average Bonchev–Trinajstić information content (AvgIpc) is 3.32. The molecule has 2 aliphatic rings. The molecule has 1 aromatic carbocycles. The third-order valence-electron chi connectivity index (χ3n) is 5.06. The summed E-state index contributed by atoms with van der Waals surface area (Å²) in [4.78, 5) is 14.5. The van der Waals surface area contributed by atoms with Gasteiger partial charge in [-0.1, -0.05) is 6.07 Å². The van der Waals surface area contributed by atoms with Crippen molar-refractivity contribution in [3.63, 3.8) is 0 Å². The number of nitrogens with zero attached hydrogens (tertiary/aromatic N) is 1. The maximum Gasteiger partial charge on any atom is 0.329 e. The maximum absolute atomic E-state index is 12.5. The first kappa shape index (κ1) is 17.5. The van der Waals surface area contributed by atoms with E-state index in [0.717, 1.165) is 43.7 Å². The van der Waals surface area contributed by atoms with Gasteiger partial charge in [0.2, 0.25) is 0 Å². The van der Waals surface area contributed by atoms with Crippen LogP contribution in [0.1, 0.15) is 40.9 Å². The minimum absolute atomic E-state index is 0.185. The lowest BCUT2D eigenvalue weighted by atomic mass is 9.99. The van der Waals surface area contributed by atoms with E-state index in [-0.39, 0.29) is 6.03 Å². The van der Waals surface area contributed by atoms with E-state index in [0.29, 0.717) is 5.09 Å². The van der Waals surface area contributed by atoms with Crippen LogP contribution >= 0.6 is 11.9 Å². The van der Waals surface area contributed by atoms with Crippen molar-refractivity contribution in [3.8, 4) is 0 Å². The molecule has 4 rings (SSSR count). The van der Waals surface area contributed by atoms with Gasteiger partial charge < -0.3 is 14.6 Å². The first-order valence-corrected chi connectivity index (χ1v) is 10.1. The van der Waals surface area contributed by atoms with Crippen LogP contribution < -0.4 is 10.0 Å². The van der Waals surface area contributed by atoms with E-state index in [9.17, 15) is 4.79 Å². The van der Waals surface area contributed by atoms with Gasteiger partial charge in [0.25, 0.3) is 0 Å². The van der Waals surface area contributed by atoms with E-state index in [2.05, 4.69) is 16.1 Å². The second kappa shape index (κ2) is 7.37. The van der Waals surface area contributed by atoms with Crippen LogP contribution in [-0.4, -0.2) is 25.0 Å². The van der Waals surface area contributed by atoms with Crippen molar-refractivity contribution < 1.29 is 9.21 Å². The molecular formula is C20H25N3O2S. The number of aryl methyl sites for hydroxylation is 2. The highest BCUT2D eigenvalue weighted by atomic mass is 32.2. The summed E-state index contributed by atoms with van der Waals surface area (Å²) in [6.07, 6.45) is 6.77. The number of amides is 2. The van der Waals surface area contributed by atoms with E-state index in [1.165, 1.54) is 47.0 Å². The first-order chi connectivity index (χ1) is 12.6. The van der Waals surface area contributed by atoms with E-state index >= 15 is 0 Å². The summed E-state index contributed by atoms with van der Waals surface area (Å²) in [5.41, 5.74) is 6.61. The average molecular weight is 372 g/mol. The molecule has 138 valence electrons.